The smallest absolute Gasteiger partial charge is 0.183 e. The van der Waals surface area contributed by atoms with Gasteiger partial charge in [-0.3, -0.25) is 0 Å². The van der Waals surface area contributed by atoms with E-state index in [2.05, 4.69) is 20.8 Å². The third kappa shape index (κ3) is 2.73. The van der Waals surface area contributed by atoms with Crippen molar-refractivity contribution in [2.75, 3.05) is 6.61 Å². The Morgan fingerprint density at radius 2 is 1.93 bits per heavy atom. The van der Waals surface area contributed by atoms with Crippen molar-refractivity contribution in [2.24, 2.45) is 4.99 Å². The van der Waals surface area contributed by atoms with Crippen molar-refractivity contribution in [1.29, 1.82) is 0 Å². The summed E-state index contributed by atoms with van der Waals surface area (Å²) in [6.45, 7) is 7.43. The molecule has 2 nitrogen and oxygen atoms in total. The van der Waals surface area contributed by atoms with Crippen LogP contribution < -0.4 is 0 Å². The normalized spacial score (nSPS) is 19.2. The molecule has 1 aliphatic rings. The average Bonchev–Trinajstić information content (AvgIpc) is 2.63. The molecule has 0 unspecified atom stereocenters. The van der Waals surface area contributed by atoms with Crippen LogP contribution in [0.15, 0.2) is 4.99 Å². The quantitative estimate of drug-likeness (QED) is 0.597. The van der Waals surface area contributed by atoms with E-state index in [1.165, 1.54) is 19.3 Å². The van der Waals surface area contributed by atoms with Crippen molar-refractivity contribution in [2.45, 2.75) is 64.8 Å². The maximum Gasteiger partial charge on any atom is 0.183 e. The molecule has 0 saturated heterocycles. The fraction of sp³-hybridized carbons (Fsp3) is 0.917. The molecular weight excluding hydrogens is 174 g/mol. The summed E-state index contributed by atoms with van der Waals surface area (Å²) in [6, 6.07) is 0. The summed E-state index contributed by atoms with van der Waals surface area (Å²) in [5.74, 6) is 1.00. The van der Waals surface area contributed by atoms with E-state index in [0.29, 0.717) is 0 Å². The topological polar surface area (TPSA) is 21.6 Å². The van der Waals surface area contributed by atoms with Gasteiger partial charge in [0.05, 0.1) is 5.54 Å². The summed E-state index contributed by atoms with van der Waals surface area (Å²) in [6.07, 6.45) is 7.00. The molecule has 0 aromatic carbocycles. The Kier molecular flexibility index (Phi) is 4.43. The molecule has 14 heavy (non-hydrogen) atoms. The molecule has 0 aromatic heterocycles. The lowest BCUT2D eigenvalue weighted by Crippen LogP contribution is -2.25. The molecule has 0 spiro atoms. The van der Waals surface area contributed by atoms with Gasteiger partial charge in [0, 0.05) is 6.42 Å². The SMILES string of the molecule is CCCCCC1=NC(CC)(CC)CO1. The molecule has 0 amide bonds. The van der Waals surface area contributed by atoms with Crippen LogP contribution in [0.3, 0.4) is 0 Å². The van der Waals surface area contributed by atoms with E-state index in [9.17, 15) is 0 Å². The summed E-state index contributed by atoms with van der Waals surface area (Å²) in [5.41, 5.74) is 0.113. The van der Waals surface area contributed by atoms with Crippen LogP contribution in [0, 0.1) is 0 Å². The minimum Gasteiger partial charge on any atom is -0.478 e. The maximum atomic E-state index is 5.65. The highest BCUT2D eigenvalue weighted by atomic mass is 16.5. The monoisotopic (exact) mass is 197 g/mol. The molecular formula is C12H23NO. The highest BCUT2D eigenvalue weighted by molar-refractivity contribution is 5.78. The number of ether oxygens (including phenoxy) is 1. The van der Waals surface area contributed by atoms with Crippen molar-refractivity contribution >= 4 is 5.90 Å². The van der Waals surface area contributed by atoms with Crippen LogP contribution in [0.4, 0.5) is 0 Å². The fourth-order valence-electron chi connectivity index (χ4n) is 1.81. The Hall–Kier alpha value is -0.530. The summed E-state index contributed by atoms with van der Waals surface area (Å²) >= 11 is 0. The minimum atomic E-state index is 0.113. The number of unbranched alkanes of at least 4 members (excludes halogenated alkanes) is 2. The van der Waals surface area contributed by atoms with E-state index in [1.807, 2.05) is 0 Å². The zero-order valence-corrected chi connectivity index (χ0v) is 9.81. The Morgan fingerprint density at radius 1 is 1.21 bits per heavy atom. The third-order valence-corrected chi connectivity index (χ3v) is 3.18. The summed E-state index contributed by atoms with van der Waals surface area (Å²) in [4.78, 5) is 4.72. The van der Waals surface area contributed by atoms with Crippen molar-refractivity contribution in [3.05, 3.63) is 0 Å². The lowest BCUT2D eigenvalue weighted by Gasteiger charge is -2.18. The Balaban J connectivity index is 2.40. The second-order valence-corrected chi connectivity index (χ2v) is 4.18. The average molecular weight is 197 g/mol. The van der Waals surface area contributed by atoms with Crippen LogP contribution in [0.2, 0.25) is 0 Å². The molecule has 0 fully saturated rings. The minimum absolute atomic E-state index is 0.113. The molecule has 0 aliphatic carbocycles. The summed E-state index contributed by atoms with van der Waals surface area (Å²) < 4.78 is 5.65. The van der Waals surface area contributed by atoms with Gasteiger partial charge in [0.1, 0.15) is 6.61 Å². The molecule has 0 aromatic rings. The molecule has 0 atom stereocenters. The molecule has 0 bridgehead atoms. The molecule has 1 aliphatic heterocycles. The fourth-order valence-corrected chi connectivity index (χ4v) is 1.81. The van der Waals surface area contributed by atoms with E-state index in [1.54, 1.807) is 0 Å². The molecule has 0 radical (unpaired) electrons. The van der Waals surface area contributed by atoms with Crippen LogP contribution in [-0.4, -0.2) is 18.0 Å². The summed E-state index contributed by atoms with van der Waals surface area (Å²) in [7, 11) is 0. The molecule has 0 N–H and O–H groups in total. The van der Waals surface area contributed by atoms with Gasteiger partial charge in [-0.2, -0.15) is 0 Å². The van der Waals surface area contributed by atoms with Crippen molar-refractivity contribution in [3.8, 4) is 0 Å². The molecule has 2 heteroatoms. The van der Waals surface area contributed by atoms with Crippen LogP contribution in [0.5, 0.6) is 0 Å². The first-order valence-electron chi connectivity index (χ1n) is 5.98. The van der Waals surface area contributed by atoms with Crippen molar-refractivity contribution < 1.29 is 4.74 Å². The van der Waals surface area contributed by atoms with Gasteiger partial charge < -0.3 is 4.74 Å². The van der Waals surface area contributed by atoms with Crippen LogP contribution in [0.25, 0.3) is 0 Å². The molecule has 1 heterocycles. The molecule has 1 rings (SSSR count). The number of hydrogen-bond donors (Lipinski definition) is 0. The summed E-state index contributed by atoms with van der Waals surface area (Å²) in [5, 5.41) is 0. The largest absolute Gasteiger partial charge is 0.478 e. The highest BCUT2D eigenvalue weighted by Gasteiger charge is 2.32. The standard InChI is InChI=1S/C12H23NO/c1-4-7-8-9-11-13-12(5-2,6-3)10-14-11/h4-10H2,1-3H3. The van der Waals surface area contributed by atoms with Gasteiger partial charge in [0.15, 0.2) is 5.90 Å². The number of rotatable bonds is 6. The van der Waals surface area contributed by atoms with Crippen LogP contribution in [0.1, 0.15) is 59.3 Å². The predicted octanol–water partition coefficient (Wildman–Crippen LogP) is 3.55. The van der Waals surface area contributed by atoms with Crippen molar-refractivity contribution in [3.63, 3.8) is 0 Å². The van der Waals surface area contributed by atoms with Gasteiger partial charge in [-0.1, -0.05) is 33.6 Å². The van der Waals surface area contributed by atoms with E-state index in [-0.39, 0.29) is 5.54 Å². The van der Waals surface area contributed by atoms with E-state index < -0.39 is 0 Å². The first-order valence-corrected chi connectivity index (χ1v) is 5.98. The maximum absolute atomic E-state index is 5.65. The van der Waals surface area contributed by atoms with Gasteiger partial charge in [-0.15, -0.1) is 0 Å². The van der Waals surface area contributed by atoms with Gasteiger partial charge in [-0.05, 0) is 19.3 Å². The third-order valence-electron chi connectivity index (χ3n) is 3.18. The first kappa shape index (κ1) is 11.5. The Morgan fingerprint density at radius 3 is 2.43 bits per heavy atom. The van der Waals surface area contributed by atoms with Crippen molar-refractivity contribution in [1.82, 2.24) is 0 Å². The molecule has 82 valence electrons. The zero-order valence-electron chi connectivity index (χ0n) is 9.81. The molecule has 0 saturated carbocycles. The van der Waals surface area contributed by atoms with E-state index >= 15 is 0 Å². The lowest BCUT2D eigenvalue weighted by molar-refractivity contribution is 0.240. The number of aliphatic imine (C=N–C) groups is 1. The first-order chi connectivity index (χ1) is 6.76. The van der Waals surface area contributed by atoms with Crippen LogP contribution in [-0.2, 0) is 4.74 Å². The Labute approximate surface area is 87.8 Å². The second kappa shape index (κ2) is 5.38. The zero-order chi connectivity index (χ0) is 10.4. The van der Waals surface area contributed by atoms with Gasteiger partial charge >= 0.3 is 0 Å². The van der Waals surface area contributed by atoms with E-state index in [0.717, 1.165) is 31.8 Å². The highest BCUT2D eigenvalue weighted by Crippen LogP contribution is 2.27. The lowest BCUT2D eigenvalue weighted by atomic mass is 9.96. The van der Waals surface area contributed by atoms with Crippen LogP contribution >= 0.6 is 0 Å². The van der Waals surface area contributed by atoms with E-state index in [4.69, 9.17) is 9.73 Å². The number of hydrogen-bond acceptors (Lipinski definition) is 2. The Bertz CT molecular complexity index is 194. The van der Waals surface area contributed by atoms with Gasteiger partial charge in [-0.25, -0.2) is 4.99 Å². The number of nitrogens with zero attached hydrogens (tertiary/aromatic N) is 1. The second-order valence-electron chi connectivity index (χ2n) is 4.18. The van der Waals surface area contributed by atoms with Gasteiger partial charge in [0.2, 0.25) is 0 Å². The van der Waals surface area contributed by atoms with Gasteiger partial charge in [0.25, 0.3) is 0 Å². The predicted molar refractivity (Wildman–Crippen MR) is 60.8 cm³/mol.